The number of nitrogens with one attached hydrogen (secondary N) is 1. The van der Waals surface area contributed by atoms with E-state index in [4.69, 9.17) is 0 Å². The summed E-state index contributed by atoms with van der Waals surface area (Å²) in [6, 6.07) is 0.0685. The Morgan fingerprint density at radius 2 is 1.46 bits per heavy atom. The number of piperidine rings is 1. The van der Waals surface area contributed by atoms with Crippen molar-refractivity contribution in [3.8, 4) is 0 Å². The van der Waals surface area contributed by atoms with Crippen LogP contribution in [0, 0.1) is 5.92 Å². The molecule has 24 heavy (non-hydrogen) atoms. The van der Waals surface area contributed by atoms with Gasteiger partial charge in [0.2, 0.25) is 11.8 Å². The first-order valence-corrected chi connectivity index (χ1v) is 8.98. The molecule has 2 aliphatic heterocycles. The third-order valence-corrected chi connectivity index (χ3v) is 4.80. The monoisotopic (exact) mass is 338 g/mol. The summed E-state index contributed by atoms with van der Waals surface area (Å²) < 4.78 is 0. The molecule has 0 bridgehead atoms. The zero-order chi connectivity index (χ0) is 17.7. The number of urea groups is 1. The van der Waals surface area contributed by atoms with E-state index in [1.54, 1.807) is 11.8 Å². The van der Waals surface area contributed by atoms with E-state index in [1.165, 1.54) is 0 Å². The number of amides is 4. The van der Waals surface area contributed by atoms with Crippen LogP contribution in [0.1, 0.15) is 40.0 Å². The fraction of sp³-hybridized carbons (Fsp3) is 0.824. The van der Waals surface area contributed by atoms with Crippen molar-refractivity contribution in [3.63, 3.8) is 0 Å². The first-order valence-electron chi connectivity index (χ1n) is 8.98. The molecule has 0 spiro atoms. The zero-order valence-electron chi connectivity index (χ0n) is 15.1. The molecule has 0 saturated carbocycles. The summed E-state index contributed by atoms with van der Waals surface area (Å²) in [5.41, 5.74) is 0. The lowest BCUT2D eigenvalue weighted by molar-refractivity contribution is -0.140. The lowest BCUT2D eigenvalue weighted by Gasteiger charge is -2.33. The molecular weight excluding hydrogens is 308 g/mol. The summed E-state index contributed by atoms with van der Waals surface area (Å²) in [4.78, 5) is 41.7. The van der Waals surface area contributed by atoms with Gasteiger partial charge in [-0.15, -0.1) is 0 Å². The van der Waals surface area contributed by atoms with Gasteiger partial charge >= 0.3 is 6.03 Å². The topological polar surface area (TPSA) is 73.0 Å². The van der Waals surface area contributed by atoms with Crippen molar-refractivity contribution in [2.45, 2.75) is 46.1 Å². The number of hydrogen-bond donors (Lipinski definition) is 1. The molecule has 0 aromatic carbocycles. The van der Waals surface area contributed by atoms with Crippen LogP contribution in [0.4, 0.5) is 4.79 Å². The number of likely N-dealkylation sites (tertiary alicyclic amines) is 1. The summed E-state index contributed by atoms with van der Waals surface area (Å²) in [6.45, 7) is 9.37. The molecule has 0 aromatic heterocycles. The molecule has 0 atom stereocenters. The number of carbonyl (C=O) groups excluding carboxylic acids is 3. The molecule has 136 valence electrons. The Morgan fingerprint density at radius 3 is 2.04 bits per heavy atom. The Labute approximate surface area is 144 Å². The summed E-state index contributed by atoms with van der Waals surface area (Å²) in [6.07, 6.45) is 2.29. The fourth-order valence-corrected chi connectivity index (χ4v) is 3.38. The van der Waals surface area contributed by atoms with E-state index >= 15 is 0 Å². The Morgan fingerprint density at radius 1 is 0.875 bits per heavy atom. The van der Waals surface area contributed by atoms with Crippen LogP contribution < -0.4 is 5.32 Å². The van der Waals surface area contributed by atoms with E-state index in [0.29, 0.717) is 39.3 Å². The van der Waals surface area contributed by atoms with Gasteiger partial charge in [0.25, 0.3) is 0 Å². The predicted octanol–water partition coefficient (Wildman–Crippen LogP) is 0.897. The second-order valence-electron chi connectivity index (χ2n) is 7.05. The van der Waals surface area contributed by atoms with Gasteiger partial charge in [-0.05, 0) is 33.1 Å². The van der Waals surface area contributed by atoms with Gasteiger partial charge in [-0.3, -0.25) is 9.59 Å². The number of hydrogen-bond acceptors (Lipinski definition) is 3. The maximum absolute atomic E-state index is 12.7. The minimum absolute atomic E-state index is 0.0108. The average molecular weight is 338 g/mol. The second-order valence-corrected chi connectivity index (χ2v) is 7.05. The maximum atomic E-state index is 12.7. The maximum Gasteiger partial charge on any atom is 0.317 e. The van der Waals surface area contributed by atoms with E-state index in [0.717, 1.165) is 19.3 Å². The Hall–Kier alpha value is -1.79. The molecule has 2 fully saturated rings. The van der Waals surface area contributed by atoms with Gasteiger partial charge in [0, 0.05) is 58.2 Å². The van der Waals surface area contributed by atoms with Crippen LogP contribution in [0.2, 0.25) is 0 Å². The van der Waals surface area contributed by atoms with Crippen molar-refractivity contribution in [3.05, 3.63) is 0 Å². The van der Waals surface area contributed by atoms with Crippen LogP contribution in [0.25, 0.3) is 0 Å². The summed E-state index contributed by atoms with van der Waals surface area (Å²) >= 11 is 0. The van der Waals surface area contributed by atoms with Crippen LogP contribution in [-0.2, 0) is 9.59 Å². The van der Waals surface area contributed by atoms with Gasteiger partial charge in [-0.2, -0.15) is 0 Å². The van der Waals surface area contributed by atoms with Crippen molar-refractivity contribution in [2.75, 3.05) is 39.3 Å². The van der Waals surface area contributed by atoms with Crippen LogP contribution >= 0.6 is 0 Å². The van der Waals surface area contributed by atoms with Crippen molar-refractivity contribution in [1.29, 1.82) is 0 Å². The summed E-state index contributed by atoms with van der Waals surface area (Å²) in [5, 5.41) is 2.91. The van der Waals surface area contributed by atoms with Crippen molar-refractivity contribution in [1.82, 2.24) is 20.0 Å². The highest BCUT2D eigenvalue weighted by Crippen LogP contribution is 2.20. The average Bonchev–Trinajstić information content (AvgIpc) is 2.79. The second kappa shape index (κ2) is 8.35. The van der Waals surface area contributed by atoms with E-state index < -0.39 is 0 Å². The van der Waals surface area contributed by atoms with Crippen molar-refractivity contribution >= 4 is 17.8 Å². The molecule has 7 nitrogen and oxygen atoms in total. The fourth-order valence-electron chi connectivity index (χ4n) is 3.38. The van der Waals surface area contributed by atoms with E-state index in [2.05, 4.69) is 5.32 Å². The Bertz CT molecular complexity index is 472. The molecule has 1 N–H and O–H groups in total. The standard InChI is InChI=1S/C17H30N4O3/c1-13(2)18-17(24)21-8-4-7-20(11-12-21)16(23)15-5-9-19(10-6-15)14(3)22/h13,15H,4-12H2,1-3H3,(H,18,24). The number of nitrogens with zero attached hydrogens (tertiary/aromatic N) is 3. The van der Waals surface area contributed by atoms with Crippen molar-refractivity contribution < 1.29 is 14.4 Å². The van der Waals surface area contributed by atoms with Crippen molar-refractivity contribution in [2.24, 2.45) is 5.92 Å². The highest BCUT2D eigenvalue weighted by molar-refractivity contribution is 5.80. The van der Waals surface area contributed by atoms with Gasteiger partial charge in [-0.25, -0.2) is 4.79 Å². The zero-order valence-corrected chi connectivity index (χ0v) is 15.1. The minimum atomic E-state index is -0.0472. The highest BCUT2D eigenvalue weighted by Gasteiger charge is 2.30. The molecule has 7 heteroatoms. The molecular formula is C17H30N4O3. The molecule has 0 unspecified atom stereocenters. The van der Waals surface area contributed by atoms with Gasteiger partial charge in [-0.1, -0.05) is 0 Å². The smallest absolute Gasteiger partial charge is 0.317 e. The third kappa shape index (κ3) is 4.85. The van der Waals surface area contributed by atoms with E-state index in [9.17, 15) is 14.4 Å². The normalized spacial score (nSPS) is 20.1. The quantitative estimate of drug-likeness (QED) is 0.813. The summed E-state index contributed by atoms with van der Waals surface area (Å²) in [5.74, 6) is 0.281. The minimum Gasteiger partial charge on any atom is -0.343 e. The van der Waals surface area contributed by atoms with Crippen LogP contribution in [-0.4, -0.2) is 77.9 Å². The van der Waals surface area contributed by atoms with Gasteiger partial charge < -0.3 is 20.0 Å². The van der Waals surface area contributed by atoms with Crippen LogP contribution in [0.5, 0.6) is 0 Å². The molecule has 2 aliphatic rings. The summed E-state index contributed by atoms with van der Waals surface area (Å²) in [7, 11) is 0. The van der Waals surface area contributed by atoms with Gasteiger partial charge in [0.1, 0.15) is 0 Å². The predicted molar refractivity (Wildman–Crippen MR) is 91.4 cm³/mol. The Balaban J connectivity index is 1.84. The molecule has 0 radical (unpaired) electrons. The molecule has 2 heterocycles. The SMILES string of the molecule is CC(=O)N1CCC(C(=O)N2CCCN(C(=O)NC(C)C)CC2)CC1. The lowest BCUT2D eigenvalue weighted by Crippen LogP contribution is -2.46. The van der Waals surface area contributed by atoms with Crippen LogP contribution in [0.3, 0.4) is 0 Å². The van der Waals surface area contributed by atoms with Gasteiger partial charge in [0.05, 0.1) is 0 Å². The highest BCUT2D eigenvalue weighted by atomic mass is 16.2. The van der Waals surface area contributed by atoms with E-state index in [1.807, 2.05) is 23.6 Å². The van der Waals surface area contributed by atoms with Gasteiger partial charge in [0.15, 0.2) is 0 Å². The first kappa shape index (κ1) is 18.5. The molecule has 2 saturated heterocycles. The number of rotatable bonds is 2. The largest absolute Gasteiger partial charge is 0.343 e. The molecule has 0 aliphatic carbocycles. The Kier molecular flexibility index (Phi) is 6.45. The first-order chi connectivity index (χ1) is 11.4. The van der Waals surface area contributed by atoms with E-state index in [-0.39, 0.29) is 29.8 Å². The number of carbonyl (C=O) groups is 3. The third-order valence-electron chi connectivity index (χ3n) is 4.80. The molecule has 0 aromatic rings. The van der Waals surface area contributed by atoms with Crippen LogP contribution in [0.15, 0.2) is 0 Å². The molecule has 4 amide bonds. The lowest BCUT2D eigenvalue weighted by atomic mass is 9.95. The molecule has 2 rings (SSSR count).